The van der Waals surface area contributed by atoms with Crippen molar-refractivity contribution in [3.63, 3.8) is 0 Å². The van der Waals surface area contributed by atoms with Gasteiger partial charge in [-0.25, -0.2) is 4.79 Å². The fourth-order valence-electron chi connectivity index (χ4n) is 4.32. The summed E-state index contributed by atoms with van der Waals surface area (Å²) < 4.78 is 0. The van der Waals surface area contributed by atoms with E-state index in [-0.39, 0.29) is 18.5 Å². The number of urea groups is 1. The lowest BCUT2D eigenvalue weighted by atomic mass is 9.81. The van der Waals surface area contributed by atoms with Crippen LogP contribution >= 0.6 is 0 Å². The maximum Gasteiger partial charge on any atom is 0.319 e. The van der Waals surface area contributed by atoms with Gasteiger partial charge in [-0.2, -0.15) is 5.21 Å². The lowest BCUT2D eigenvalue weighted by Gasteiger charge is -2.27. The molecule has 0 aliphatic carbocycles. The van der Waals surface area contributed by atoms with Crippen molar-refractivity contribution in [2.45, 2.75) is 6.54 Å². The highest BCUT2D eigenvalue weighted by molar-refractivity contribution is 5.80. The van der Waals surface area contributed by atoms with Gasteiger partial charge in [0.1, 0.15) is 5.41 Å². The summed E-state index contributed by atoms with van der Waals surface area (Å²) in [5.74, 6) is -0.341. The van der Waals surface area contributed by atoms with Gasteiger partial charge < -0.3 is 14.9 Å². The van der Waals surface area contributed by atoms with Crippen LogP contribution in [0, 0.1) is 11.3 Å². The van der Waals surface area contributed by atoms with E-state index >= 15 is 0 Å². The number of carboxylic acids is 1. The second-order valence-corrected chi connectivity index (χ2v) is 7.82. The van der Waals surface area contributed by atoms with Crippen LogP contribution in [0.15, 0.2) is 24.3 Å². The third kappa shape index (κ3) is 3.09. The predicted octanol–water partition coefficient (Wildman–Crippen LogP) is 0.367. The molecule has 0 spiro atoms. The van der Waals surface area contributed by atoms with Crippen LogP contribution in [0.25, 0.3) is 11.4 Å². The predicted molar refractivity (Wildman–Crippen MR) is 99.1 cm³/mol. The maximum absolute atomic E-state index is 12.3. The molecule has 2 N–H and O–H groups in total. The van der Waals surface area contributed by atoms with Crippen LogP contribution < -0.4 is 0 Å². The molecule has 10 nitrogen and oxygen atoms in total. The second kappa shape index (κ2) is 6.86. The van der Waals surface area contributed by atoms with Crippen molar-refractivity contribution >= 4 is 12.0 Å². The number of nitrogens with one attached hydrogen (secondary N) is 1. The molecule has 28 heavy (non-hydrogen) atoms. The summed E-state index contributed by atoms with van der Waals surface area (Å²) in [6.45, 7) is 2.51. The number of carbonyl (C=O) groups excluding carboxylic acids is 1. The molecule has 0 radical (unpaired) electrons. The minimum absolute atomic E-state index is 0.0625. The summed E-state index contributed by atoms with van der Waals surface area (Å²) in [5.41, 5.74) is 1.07. The number of amides is 2. The van der Waals surface area contributed by atoms with Crippen LogP contribution in [-0.4, -0.2) is 92.7 Å². The SMILES string of the molecule is CN(C)C(=O)N1C[C@H]2CN(Cc3ccc(-c4nn[nH]n4)cc3)C[C@@]2(C(=O)O)C1. The Morgan fingerprint density at radius 1 is 1.25 bits per heavy atom. The van der Waals surface area contributed by atoms with Crippen molar-refractivity contribution in [1.29, 1.82) is 0 Å². The van der Waals surface area contributed by atoms with Gasteiger partial charge in [-0.15, -0.1) is 10.2 Å². The standard InChI is InChI=1S/C18H23N7O3/c1-23(2)17(28)25-9-14-8-24(10-18(14,11-25)16(26)27)7-12-3-5-13(6-4-12)15-19-21-22-20-15/h3-6,14H,7-11H2,1-2H3,(H,26,27)(H,19,20,21,22)/t14-,18-/m1/s1. The summed E-state index contributed by atoms with van der Waals surface area (Å²) >= 11 is 0. The monoisotopic (exact) mass is 385 g/mol. The Kier molecular flexibility index (Phi) is 4.50. The molecule has 2 aliphatic heterocycles. The quantitative estimate of drug-likeness (QED) is 0.780. The Morgan fingerprint density at radius 2 is 2.00 bits per heavy atom. The van der Waals surface area contributed by atoms with E-state index < -0.39 is 11.4 Å². The highest BCUT2D eigenvalue weighted by Gasteiger charge is 2.58. The molecule has 2 atom stereocenters. The van der Waals surface area contributed by atoms with Gasteiger partial charge in [-0.1, -0.05) is 24.3 Å². The van der Waals surface area contributed by atoms with E-state index in [9.17, 15) is 14.7 Å². The topological polar surface area (TPSA) is 119 Å². The molecule has 2 aromatic rings. The van der Waals surface area contributed by atoms with E-state index in [0.717, 1.165) is 11.1 Å². The fraction of sp³-hybridized carbons (Fsp3) is 0.500. The Hall–Kier alpha value is -3.01. The van der Waals surface area contributed by atoms with Crippen molar-refractivity contribution in [3.8, 4) is 11.4 Å². The van der Waals surface area contributed by atoms with Gasteiger partial charge in [0.15, 0.2) is 0 Å². The fourth-order valence-corrected chi connectivity index (χ4v) is 4.32. The molecular weight excluding hydrogens is 362 g/mol. The summed E-state index contributed by atoms with van der Waals surface area (Å²) in [6.07, 6.45) is 0. The Morgan fingerprint density at radius 3 is 2.57 bits per heavy atom. The van der Waals surface area contributed by atoms with Crippen LogP contribution in [0.3, 0.4) is 0 Å². The van der Waals surface area contributed by atoms with Gasteiger partial charge in [-0.3, -0.25) is 9.69 Å². The number of aromatic nitrogens is 4. The Bertz CT molecular complexity index is 868. The first-order chi connectivity index (χ1) is 13.4. The number of likely N-dealkylation sites (tertiary alicyclic amines) is 2. The molecule has 0 unspecified atom stereocenters. The largest absolute Gasteiger partial charge is 0.481 e. The number of carbonyl (C=O) groups is 2. The van der Waals surface area contributed by atoms with Gasteiger partial charge in [0.2, 0.25) is 5.82 Å². The van der Waals surface area contributed by atoms with E-state index in [1.165, 1.54) is 4.90 Å². The number of carboxylic acid groups (broad SMARTS) is 1. The molecule has 2 amide bonds. The minimum Gasteiger partial charge on any atom is -0.481 e. The van der Waals surface area contributed by atoms with Crippen molar-refractivity contribution in [3.05, 3.63) is 29.8 Å². The van der Waals surface area contributed by atoms with Crippen molar-refractivity contribution < 1.29 is 14.7 Å². The molecule has 148 valence electrons. The van der Waals surface area contributed by atoms with E-state index in [1.807, 2.05) is 24.3 Å². The Balaban J connectivity index is 1.45. The number of rotatable bonds is 4. The first kappa shape index (κ1) is 18.4. The normalized spacial score (nSPS) is 24.4. The molecular formula is C18H23N7O3. The maximum atomic E-state index is 12.3. The highest BCUT2D eigenvalue weighted by Crippen LogP contribution is 2.43. The number of tetrazole rings is 1. The smallest absolute Gasteiger partial charge is 0.319 e. The van der Waals surface area contributed by atoms with Crippen LogP contribution in [0.2, 0.25) is 0 Å². The van der Waals surface area contributed by atoms with E-state index in [1.54, 1.807) is 19.0 Å². The highest BCUT2D eigenvalue weighted by atomic mass is 16.4. The number of aliphatic carboxylic acids is 1. The molecule has 10 heteroatoms. The molecule has 3 heterocycles. The average molecular weight is 385 g/mol. The zero-order chi connectivity index (χ0) is 19.9. The molecule has 2 saturated heterocycles. The Labute approximate surface area is 162 Å². The zero-order valence-corrected chi connectivity index (χ0v) is 15.9. The second-order valence-electron chi connectivity index (χ2n) is 7.82. The number of hydrogen-bond acceptors (Lipinski definition) is 6. The first-order valence-corrected chi connectivity index (χ1v) is 9.14. The minimum atomic E-state index is -0.893. The molecule has 4 rings (SSSR count). The summed E-state index contributed by atoms with van der Waals surface area (Å²) in [6, 6.07) is 7.73. The van der Waals surface area contributed by atoms with Gasteiger partial charge in [0.05, 0.1) is 0 Å². The number of nitrogens with zero attached hydrogens (tertiary/aromatic N) is 6. The lowest BCUT2D eigenvalue weighted by Crippen LogP contribution is -2.44. The molecule has 2 aliphatic rings. The van der Waals surface area contributed by atoms with E-state index in [0.29, 0.717) is 32.0 Å². The number of H-pyrrole nitrogens is 1. The van der Waals surface area contributed by atoms with Gasteiger partial charge in [0.25, 0.3) is 0 Å². The van der Waals surface area contributed by atoms with Gasteiger partial charge in [-0.05, 0) is 10.8 Å². The third-order valence-electron chi connectivity index (χ3n) is 5.72. The molecule has 0 saturated carbocycles. The zero-order valence-electron chi connectivity index (χ0n) is 15.9. The van der Waals surface area contributed by atoms with Crippen LogP contribution in [0.4, 0.5) is 4.79 Å². The molecule has 2 fully saturated rings. The third-order valence-corrected chi connectivity index (χ3v) is 5.72. The molecule has 0 bridgehead atoms. The van der Waals surface area contributed by atoms with E-state index in [2.05, 4.69) is 25.5 Å². The number of benzene rings is 1. The number of hydrogen-bond donors (Lipinski definition) is 2. The average Bonchev–Trinajstić information content (AvgIpc) is 3.36. The van der Waals surface area contributed by atoms with Crippen molar-refractivity contribution in [2.24, 2.45) is 11.3 Å². The number of aromatic amines is 1. The van der Waals surface area contributed by atoms with Crippen molar-refractivity contribution in [2.75, 3.05) is 40.3 Å². The van der Waals surface area contributed by atoms with Gasteiger partial charge in [0, 0.05) is 58.3 Å². The van der Waals surface area contributed by atoms with Crippen LogP contribution in [0.1, 0.15) is 5.56 Å². The summed E-state index contributed by atoms with van der Waals surface area (Å²) in [7, 11) is 3.38. The molecule has 1 aromatic carbocycles. The van der Waals surface area contributed by atoms with Crippen molar-refractivity contribution in [1.82, 2.24) is 35.3 Å². The molecule has 1 aromatic heterocycles. The van der Waals surface area contributed by atoms with E-state index in [4.69, 9.17) is 0 Å². The van der Waals surface area contributed by atoms with Crippen LogP contribution in [0.5, 0.6) is 0 Å². The van der Waals surface area contributed by atoms with Crippen LogP contribution in [-0.2, 0) is 11.3 Å². The lowest BCUT2D eigenvalue weighted by molar-refractivity contribution is -0.148. The van der Waals surface area contributed by atoms with Gasteiger partial charge >= 0.3 is 12.0 Å². The number of fused-ring (bicyclic) bond motifs is 1. The summed E-state index contributed by atoms with van der Waals surface area (Å²) in [5, 5.41) is 23.9. The summed E-state index contributed by atoms with van der Waals surface area (Å²) in [4.78, 5) is 29.7. The first-order valence-electron chi connectivity index (χ1n) is 9.14.